The minimum atomic E-state index is -3.83. The molecule has 2 aromatic carbocycles. The Hall–Kier alpha value is -3.58. The van der Waals surface area contributed by atoms with Crippen molar-refractivity contribution in [3.05, 3.63) is 94.7 Å². The van der Waals surface area contributed by atoms with E-state index in [1.54, 1.807) is 42.7 Å². The quantitative estimate of drug-likeness (QED) is 0.179. The van der Waals surface area contributed by atoms with E-state index in [1.165, 1.54) is 47.2 Å². The molecule has 3 N–H and O–H groups in total. The third-order valence-corrected chi connectivity index (χ3v) is 9.09. The summed E-state index contributed by atoms with van der Waals surface area (Å²) < 4.78 is 31.1. The van der Waals surface area contributed by atoms with Crippen molar-refractivity contribution >= 4 is 28.1 Å². The van der Waals surface area contributed by atoms with E-state index >= 15 is 0 Å². The Labute approximate surface area is 257 Å². The van der Waals surface area contributed by atoms with Crippen molar-refractivity contribution in [1.29, 1.82) is 0 Å². The second-order valence-electron chi connectivity index (χ2n) is 10.7. The summed E-state index contributed by atoms with van der Waals surface area (Å²) in [5, 5.41) is 21.4. The Balaban J connectivity index is 0.00000423. The molecule has 43 heavy (non-hydrogen) atoms. The largest absolute Gasteiger partial charge is 0.387 e. The van der Waals surface area contributed by atoms with Gasteiger partial charge in [-0.15, -0.1) is 12.4 Å². The van der Waals surface area contributed by atoms with Gasteiger partial charge in [0, 0.05) is 36.7 Å². The molecule has 0 unspecified atom stereocenters. The number of anilines is 1. The Bertz CT molecular complexity index is 1590. The third kappa shape index (κ3) is 8.73. The molecule has 5 rings (SSSR count). The molecule has 0 saturated heterocycles. The van der Waals surface area contributed by atoms with Crippen LogP contribution in [0.4, 0.5) is 5.69 Å². The highest BCUT2D eigenvalue weighted by molar-refractivity contribution is 7.92. The molecule has 4 aromatic rings. The smallest absolute Gasteiger partial charge is 0.368 e. The van der Waals surface area contributed by atoms with Gasteiger partial charge in [-0.3, -0.25) is 9.71 Å². The van der Waals surface area contributed by atoms with Crippen LogP contribution >= 0.6 is 12.4 Å². The fourth-order valence-electron chi connectivity index (χ4n) is 5.29. The lowest BCUT2D eigenvalue weighted by Crippen LogP contribution is -2.24. The van der Waals surface area contributed by atoms with E-state index in [0.29, 0.717) is 31.0 Å². The fourth-order valence-corrected chi connectivity index (χ4v) is 6.35. The van der Waals surface area contributed by atoms with Gasteiger partial charge in [-0.05, 0) is 90.2 Å². The van der Waals surface area contributed by atoms with Crippen LogP contribution in [0.5, 0.6) is 0 Å². The summed E-state index contributed by atoms with van der Waals surface area (Å²) in [5.41, 5.74) is 2.35. The van der Waals surface area contributed by atoms with Crippen LogP contribution in [0.3, 0.4) is 0 Å². The molecule has 1 atom stereocenters. The maximum atomic E-state index is 13.0. The molecular formula is C30H38ClN7O4S. The number of halogens is 1. The molecule has 0 aliphatic heterocycles. The highest BCUT2D eigenvalue weighted by Gasteiger charge is 2.17. The molecule has 0 spiro atoms. The number of aliphatic hydroxyl groups excluding tert-OH is 1. The number of hydrogen-bond acceptors (Lipinski definition) is 8. The van der Waals surface area contributed by atoms with E-state index in [-0.39, 0.29) is 23.0 Å². The molecule has 0 radical (unpaired) electrons. The Kier molecular flexibility index (Phi) is 11.5. The summed E-state index contributed by atoms with van der Waals surface area (Å²) in [6.07, 6.45) is 10.5. The van der Waals surface area contributed by atoms with Crippen molar-refractivity contribution in [2.45, 2.75) is 62.5 Å². The molecule has 1 aliphatic rings. The van der Waals surface area contributed by atoms with Crippen LogP contribution in [0.1, 0.15) is 55.8 Å². The molecule has 1 aliphatic carbocycles. The van der Waals surface area contributed by atoms with Crippen LogP contribution in [0, 0.1) is 5.92 Å². The van der Waals surface area contributed by atoms with Gasteiger partial charge in [0.2, 0.25) is 0 Å². The standard InChI is InChI=1S/C30H37N7O4S.ClH/c38-29(25-8-3-18-31-21-25)22-32-19-17-24-9-11-26(12-10-24)33-42(40,41)28-15-13-27(14-16-28)37-30(39)36(34-35-37)20-4-7-23-5-1-2-6-23;/h3,8-16,18,21,23,29,32-33,38H,1-2,4-7,17,19-20,22H2;1H/t29-;/m0./s1. The summed E-state index contributed by atoms with van der Waals surface area (Å²) in [4.78, 5) is 16.9. The first kappa shape index (κ1) is 32.3. The van der Waals surface area contributed by atoms with Crippen molar-refractivity contribution in [2.24, 2.45) is 5.92 Å². The minimum Gasteiger partial charge on any atom is -0.387 e. The number of aliphatic hydroxyl groups is 1. The van der Waals surface area contributed by atoms with Crippen molar-refractivity contribution in [3.8, 4) is 5.69 Å². The summed E-state index contributed by atoms with van der Waals surface area (Å²) in [5.74, 6) is 0.753. The first-order valence-electron chi connectivity index (χ1n) is 14.4. The average molecular weight is 628 g/mol. The predicted molar refractivity (Wildman–Crippen MR) is 167 cm³/mol. The Morgan fingerprint density at radius 2 is 1.74 bits per heavy atom. The molecule has 11 nitrogen and oxygen atoms in total. The lowest BCUT2D eigenvalue weighted by Gasteiger charge is -2.12. The SMILES string of the molecule is Cl.O=c1n(CCCC2CCCC2)nnn1-c1ccc(S(=O)(=O)Nc2ccc(CCNC[C@H](O)c3cccnc3)cc2)cc1. The first-order valence-corrected chi connectivity index (χ1v) is 15.9. The lowest BCUT2D eigenvalue weighted by atomic mass is 10.0. The molecule has 2 aromatic heterocycles. The van der Waals surface area contributed by atoms with Crippen LogP contribution in [0.15, 0.2) is 82.7 Å². The molecule has 1 fully saturated rings. The van der Waals surface area contributed by atoms with Crippen LogP contribution in [-0.2, 0) is 23.0 Å². The molecular weight excluding hydrogens is 590 g/mol. The maximum Gasteiger partial charge on any atom is 0.368 e. The number of tetrazole rings is 1. The zero-order valence-electron chi connectivity index (χ0n) is 23.9. The molecule has 2 heterocycles. The number of aromatic nitrogens is 5. The summed E-state index contributed by atoms with van der Waals surface area (Å²) in [6.45, 7) is 1.60. The van der Waals surface area contributed by atoms with E-state index in [9.17, 15) is 18.3 Å². The van der Waals surface area contributed by atoms with Gasteiger partial charge in [0.05, 0.1) is 16.7 Å². The van der Waals surface area contributed by atoms with Crippen LogP contribution in [0.25, 0.3) is 5.69 Å². The van der Waals surface area contributed by atoms with E-state index in [0.717, 1.165) is 36.3 Å². The first-order chi connectivity index (χ1) is 20.4. The van der Waals surface area contributed by atoms with Gasteiger partial charge in [0.1, 0.15) is 0 Å². The van der Waals surface area contributed by atoms with Gasteiger partial charge in [-0.2, -0.15) is 9.36 Å². The van der Waals surface area contributed by atoms with Crippen molar-refractivity contribution < 1.29 is 13.5 Å². The average Bonchev–Trinajstić information content (AvgIpc) is 3.66. The van der Waals surface area contributed by atoms with E-state index < -0.39 is 16.1 Å². The Morgan fingerprint density at radius 3 is 2.44 bits per heavy atom. The third-order valence-electron chi connectivity index (χ3n) is 7.69. The van der Waals surface area contributed by atoms with Gasteiger partial charge in [-0.1, -0.05) is 43.9 Å². The number of nitrogens with one attached hydrogen (secondary N) is 2. The van der Waals surface area contributed by atoms with Gasteiger partial charge in [0.25, 0.3) is 10.0 Å². The van der Waals surface area contributed by atoms with E-state index in [1.807, 2.05) is 18.2 Å². The molecule has 0 amide bonds. The highest BCUT2D eigenvalue weighted by atomic mass is 35.5. The monoisotopic (exact) mass is 627 g/mol. The molecule has 0 bridgehead atoms. The van der Waals surface area contributed by atoms with Crippen molar-refractivity contribution in [3.63, 3.8) is 0 Å². The fraction of sp³-hybridized carbons (Fsp3) is 0.400. The van der Waals surface area contributed by atoms with Crippen LogP contribution < -0.4 is 15.7 Å². The number of aryl methyl sites for hydroxylation is 1. The highest BCUT2D eigenvalue weighted by Crippen LogP contribution is 2.28. The molecule has 230 valence electrons. The zero-order chi connectivity index (χ0) is 29.4. The Morgan fingerprint density at radius 1 is 1.00 bits per heavy atom. The molecule has 1 saturated carbocycles. The van der Waals surface area contributed by atoms with E-state index in [2.05, 4.69) is 25.4 Å². The van der Waals surface area contributed by atoms with E-state index in [4.69, 9.17) is 0 Å². The topological polar surface area (TPSA) is 144 Å². The number of nitrogens with zero attached hydrogens (tertiary/aromatic N) is 5. The molecule has 13 heteroatoms. The number of hydrogen-bond donors (Lipinski definition) is 3. The van der Waals surface area contributed by atoms with Crippen molar-refractivity contribution in [1.82, 2.24) is 30.1 Å². The summed E-state index contributed by atoms with van der Waals surface area (Å²) in [7, 11) is -3.83. The summed E-state index contributed by atoms with van der Waals surface area (Å²) in [6, 6.07) is 16.8. The maximum absolute atomic E-state index is 13.0. The number of rotatable bonds is 14. The summed E-state index contributed by atoms with van der Waals surface area (Å²) >= 11 is 0. The number of pyridine rings is 1. The predicted octanol–water partition coefficient (Wildman–Crippen LogP) is 3.88. The van der Waals surface area contributed by atoms with Gasteiger partial charge >= 0.3 is 5.69 Å². The van der Waals surface area contributed by atoms with Gasteiger partial charge in [0.15, 0.2) is 0 Å². The number of sulfonamides is 1. The van der Waals surface area contributed by atoms with Crippen LogP contribution in [-0.4, -0.2) is 51.4 Å². The van der Waals surface area contributed by atoms with Crippen LogP contribution in [0.2, 0.25) is 0 Å². The van der Waals surface area contributed by atoms with Gasteiger partial charge < -0.3 is 10.4 Å². The minimum absolute atomic E-state index is 0. The second-order valence-corrected chi connectivity index (χ2v) is 12.4. The van der Waals surface area contributed by atoms with Crippen molar-refractivity contribution in [2.75, 3.05) is 17.8 Å². The number of benzene rings is 2. The zero-order valence-corrected chi connectivity index (χ0v) is 25.5. The normalized spacial score (nSPS) is 14.3. The lowest BCUT2D eigenvalue weighted by molar-refractivity contribution is 0.174. The van der Waals surface area contributed by atoms with Gasteiger partial charge in [-0.25, -0.2) is 13.2 Å². The second kappa shape index (κ2) is 15.2.